The fraction of sp³-hybridized carbons (Fsp3) is 0.208. The zero-order chi connectivity index (χ0) is 18.9. The summed E-state index contributed by atoms with van der Waals surface area (Å²) < 4.78 is 5.46. The van der Waals surface area contributed by atoms with Gasteiger partial charge in [0.05, 0.1) is 12.8 Å². The first kappa shape index (κ1) is 18.7. The molecule has 3 heteroatoms. The molecule has 0 spiro atoms. The molecule has 138 valence electrons. The van der Waals surface area contributed by atoms with Crippen molar-refractivity contribution in [3.8, 4) is 0 Å². The molecule has 3 aromatic rings. The Morgan fingerprint density at radius 1 is 0.963 bits per heavy atom. The van der Waals surface area contributed by atoms with Gasteiger partial charge >= 0.3 is 0 Å². The van der Waals surface area contributed by atoms with E-state index in [2.05, 4.69) is 37.3 Å². The second kappa shape index (κ2) is 9.58. The molecule has 0 saturated carbocycles. The van der Waals surface area contributed by atoms with Crippen molar-refractivity contribution in [3.05, 3.63) is 102 Å². The Balaban J connectivity index is 1.68. The number of rotatable bonds is 8. The molecule has 0 atom stereocenters. The van der Waals surface area contributed by atoms with Crippen LogP contribution >= 0.6 is 0 Å². The summed E-state index contributed by atoms with van der Waals surface area (Å²) in [7, 11) is 0. The molecule has 1 heterocycles. The molecule has 0 aliphatic carbocycles. The molecule has 2 aromatic carbocycles. The van der Waals surface area contributed by atoms with E-state index in [1.165, 1.54) is 5.56 Å². The minimum atomic E-state index is 0.135. The van der Waals surface area contributed by atoms with Gasteiger partial charge in [-0.25, -0.2) is 0 Å². The molecule has 1 aromatic heterocycles. The molecule has 0 bridgehead atoms. The third kappa shape index (κ3) is 6.00. The molecule has 0 N–H and O–H groups in total. The molecule has 0 radical (unpaired) electrons. The topological polar surface area (TPSA) is 33.5 Å². The summed E-state index contributed by atoms with van der Waals surface area (Å²) >= 11 is 0. The number of furan rings is 1. The van der Waals surface area contributed by atoms with Crippen molar-refractivity contribution in [1.82, 2.24) is 4.90 Å². The zero-order valence-corrected chi connectivity index (χ0v) is 15.7. The predicted molar refractivity (Wildman–Crippen MR) is 109 cm³/mol. The smallest absolute Gasteiger partial charge is 0.223 e. The first-order chi connectivity index (χ1) is 13.2. The van der Waals surface area contributed by atoms with E-state index in [-0.39, 0.29) is 5.91 Å². The highest BCUT2D eigenvalue weighted by atomic mass is 16.3. The molecular formula is C24H25NO2. The first-order valence-corrected chi connectivity index (χ1v) is 9.27. The average Bonchev–Trinajstić information content (AvgIpc) is 3.20. The maximum absolute atomic E-state index is 12.9. The van der Waals surface area contributed by atoms with Gasteiger partial charge in [0.2, 0.25) is 5.91 Å². The second-order valence-corrected chi connectivity index (χ2v) is 6.72. The van der Waals surface area contributed by atoms with Crippen LogP contribution in [-0.4, -0.2) is 17.4 Å². The Morgan fingerprint density at radius 3 is 2.33 bits per heavy atom. The fourth-order valence-corrected chi connectivity index (χ4v) is 3.06. The highest BCUT2D eigenvalue weighted by molar-refractivity contribution is 5.77. The van der Waals surface area contributed by atoms with Gasteiger partial charge < -0.3 is 9.32 Å². The summed E-state index contributed by atoms with van der Waals surface area (Å²) in [6.07, 6.45) is 5.01. The number of carbonyl (C=O) groups is 1. The van der Waals surface area contributed by atoms with Crippen LogP contribution in [0.4, 0.5) is 0 Å². The lowest BCUT2D eigenvalue weighted by atomic mass is 10.1. The van der Waals surface area contributed by atoms with Crippen LogP contribution < -0.4 is 0 Å². The van der Waals surface area contributed by atoms with E-state index in [9.17, 15) is 4.79 Å². The minimum Gasteiger partial charge on any atom is -0.467 e. The number of aryl methyl sites for hydroxylation is 1. The molecule has 0 aliphatic heterocycles. The normalized spacial score (nSPS) is 11.4. The van der Waals surface area contributed by atoms with Gasteiger partial charge in [0.1, 0.15) is 5.76 Å². The molecular weight excluding hydrogens is 334 g/mol. The third-order valence-corrected chi connectivity index (χ3v) is 4.40. The Kier molecular flexibility index (Phi) is 6.64. The van der Waals surface area contributed by atoms with Crippen LogP contribution in [0.15, 0.2) is 89.0 Å². The van der Waals surface area contributed by atoms with Crippen molar-refractivity contribution < 1.29 is 9.21 Å². The largest absolute Gasteiger partial charge is 0.467 e. The van der Waals surface area contributed by atoms with E-state index in [4.69, 9.17) is 4.42 Å². The number of hydrogen-bond acceptors (Lipinski definition) is 2. The second-order valence-electron chi connectivity index (χ2n) is 6.72. The van der Waals surface area contributed by atoms with E-state index in [0.29, 0.717) is 19.5 Å². The van der Waals surface area contributed by atoms with Crippen LogP contribution in [0.2, 0.25) is 0 Å². The summed E-state index contributed by atoms with van der Waals surface area (Å²) in [6.45, 7) is 3.14. The van der Waals surface area contributed by atoms with Gasteiger partial charge in [-0.3, -0.25) is 4.79 Å². The maximum atomic E-state index is 12.9. The molecule has 3 rings (SSSR count). The number of benzene rings is 2. The number of amides is 1. The summed E-state index contributed by atoms with van der Waals surface area (Å²) in [4.78, 5) is 14.8. The summed E-state index contributed by atoms with van der Waals surface area (Å²) in [5.41, 5.74) is 3.46. The van der Waals surface area contributed by atoms with Crippen LogP contribution in [0.1, 0.15) is 30.2 Å². The number of hydrogen-bond donors (Lipinski definition) is 0. The minimum absolute atomic E-state index is 0.135. The van der Waals surface area contributed by atoms with E-state index in [0.717, 1.165) is 23.3 Å². The molecule has 0 aliphatic rings. The van der Waals surface area contributed by atoms with Crippen molar-refractivity contribution >= 4 is 12.0 Å². The van der Waals surface area contributed by atoms with Crippen LogP contribution in [0.25, 0.3) is 6.08 Å². The number of carbonyl (C=O) groups excluding carboxylic acids is 1. The van der Waals surface area contributed by atoms with E-state index < -0.39 is 0 Å². The molecule has 0 unspecified atom stereocenters. The van der Waals surface area contributed by atoms with Crippen molar-refractivity contribution in [2.45, 2.75) is 26.3 Å². The van der Waals surface area contributed by atoms with E-state index >= 15 is 0 Å². The summed E-state index contributed by atoms with van der Waals surface area (Å²) in [5, 5.41) is 0. The predicted octanol–water partition coefficient (Wildman–Crippen LogP) is 5.34. The van der Waals surface area contributed by atoms with Crippen molar-refractivity contribution in [3.63, 3.8) is 0 Å². The Morgan fingerprint density at radius 2 is 1.67 bits per heavy atom. The van der Waals surface area contributed by atoms with Crippen LogP contribution in [0.3, 0.4) is 0 Å². The van der Waals surface area contributed by atoms with Gasteiger partial charge in [-0.05, 0) is 36.6 Å². The molecule has 3 nitrogen and oxygen atoms in total. The molecule has 1 amide bonds. The lowest BCUT2D eigenvalue weighted by Crippen LogP contribution is -2.32. The van der Waals surface area contributed by atoms with Gasteiger partial charge in [0.15, 0.2) is 0 Å². The zero-order valence-electron chi connectivity index (χ0n) is 15.7. The van der Waals surface area contributed by atoms with Crippen molar-refractivity contribution in [1.29, 1.82) is 0 Å². The fourth-order valence-electron chi connectivity index (χ4n) is 3.06. The maximum Gasteiger partial charge on any atom is 0.223 e. The SMILES string of the molecule is C/C(=C\c1ccccc1)CN(Cc1ccco1)C(=O)CCc1ccccc1. The molecule has 27 heavy (non-hydrogen) atoms. The van der Waals surface area contributed by atoms with Crippen LogP contribution in [0, 0.1) is 0 Å². The van der Waals surface area contributed by atoms with Crippen LogP contribution in [-0.2, 0) is 17.8 Å². The van der Waals surface area contributed by atoms with Crippen LogP contribution in [0.5, 0.6) is 0 Å². The Bertz CT molecular complexity index is 852. The first-order valence-electron chi connectivity index (χ1n) is 9.27. The summed E-state index contributed by atoms with van der Waals surface area (Å²) in [5.74, 6) is 0.937. The van der Waals surface area contributed by atoms with Gasteiger partial charge in [-0.2, -0.15) is 0 Å². The Labute approximate surface area is 160 Å². The molecule has 0 fully saturated rings. The van der Waals surface area contributed by atoms with Gasteiger partial charge in [0.25, 0.3) is 0 Å². The summed E-state index contributed by atoms with van der Waals surface area (Å²) in [6, 6.07) is 24.1. The standard InChI is InChI=1S/C24H25NO2/c1-20(17-22-11-6-3-7-12-22)18-25(19-23-13-8-16-27-23)24(26)15-14-21-9-4-2-5-10-21/h2-13,16-17H,14-15,18-19H2,1H3/b20-17+. The number of nitrogens with zero attached hydrogens (tertiary/aromatic N) is 1. The third-order valence-electron chi connectivity index (χ3n) is 4.40. The van der Waals surface area contributed by atoms with Gasteiger partial charge in [-0.1, -0.05) is 72.3 Å². The highest BCUT2D eigenvalue weighted by Crippen LogP contribution is 2.14. The van der Waals surface area contributed by atoms with E-state index in [1.807, 2.05) is 53.4 Å². The van der Waals surface area contributed by atoms with Crippen molar-refractivity contribution in [2.24, 2.45) is 0 Å². The van der Waals surface area contributed by atoms with Gasteiger partial charge in [-0.15, -0.1) is 0 Å². The van der Waals surface area contributed by atoms with E-state index in [1.54, 1.807) is 6.26 Å². The average molecular weight is 359 g/mol. The quantitative estimate of drug-likeness (QED) is 0.543. The highest BCUT2D eigenvalue weighted by Gasteiger charge is 2.16. The Hall–Kier alpha value is -3.07. The van der Waals surface area contributed by atoms with Gasteiger partial charge in [0, 0.05) is 13.0 Å². The van der Waals surface area contributed by atoms with Crippen molar-refractivity contribution in [2.75, 3.05) is 6.54 Å². The lowest BCUT2D eigenvalue weighted by molar-refractivity contribution is -0.131. The monoisotopic (exact) mass is 359 g/mol. The molecule has 0 saturated heterocycles. The lowest BCUT2D eigenvalue weighted by Gasteiger charge is -2.22.